The van der Waals surface area contributed by atoms with E-state index in [2.05, 4.69) is 15.3 Å². The molecule has 7 heteroatoms. The van der Waals surface area contributed by atoms with E-state index < -0.39 is 0 Å². The third kappa shape index (κ3) is 3.20. The largest absolute Gasteiger partial charge is 0.342 e. The monoisotopic (exact) mass is 329 g/mol. The number of benzene rings is 1. The van der Waals surface area contributed by atoms with Crippen molar-refractivity contribution in [2.45, 2.75) is 19.9 Å². The van der Waals surface area contributed by atoms with E-state index in [-0.39, 0.29) is 30.4 Å². The molecular weight excluding hydrogens is 306 g/mol. The molecule has 2 aromatic rings. The number of piperazine rings is 1. The van der Waals surface area contributed by atoms with Crippen molar-refractivity contribution in [2.24, 2.45) is 5.92 Å². The molecule has 1 aliphatic rings. The van der Waals surface area contributed by atoms with Crippen LogP contribution in [0.3, 0.4) is 0 Å². The van der Waals surface area contributed by atoms with Crippen LogP contribution in [0.2, 0.25) is 0 Å². The van der Waals surface area contributed by atoms with Gasteiger partial charge in [-0.2, -0.15) is 0 Å². The minimum absolute atomic E-state index is 0.0405. The zero-order valence-electron chi connectivity index (χ0n) is 14.2. The molecule has 2 N–H and O–H groups in total. The van der Waals surface area contributed by atoms with Gasteiger partial charge in [0.15, 0.2) is 0 Å². The van der Waals surface area contributed by atoms with E-state index in [1.165, 1.54) is 0 Å². The zero-order chi connectivity index (χ0) is 17.3. The number of imidazole rings is 1. The molecule has 1 atom stereocenters. The number of aromatic amines is 1. The lowest BCUT2D eigenvalue weighted by atomic mass is 10.0. The van der Waals surface area contributed by atoms with Gasteiger partial charge in [0, 0.05) is 20.1 Å². The van der Waals surface area contributed by atoms with Crippen LogP contribution in [0.15, 0.2) is 24.3 Å². The molecule has 0 radical (unpaired) electrons. The summed E-state index contributed by atoms with van der Waals surface area (Å²) >= 11 is 0. The molecule has 1 fully saturated rings. The molecule has 128 valence electrons. The first-order valence-corrected chi connectivity index (χ1v) is 8.19. The molecule has 1 aromatic carbocycles. The Bertz CT molecular complexity index is 721. The number of nitrogens with one attached hydrogen (secondary N) is 2. The molecular formula is C17H23N5O2. The second-order valence-corrected chi connectivity index (χ2v) is 6.55. The molecule has 1 saturated heterocycles. The third-order valence-electron chi connectivity index (χ3n) is 4.39. The van der Waals surface area contributed by atoms with Crippen LogP contribution in [0.5, 0.6) is 0 Å². The molecule has 1 aromatic heterocycles. The molecule has 3 amide bonds. The number of carbonyl (C=O) groups excluding carboxylic acids is 2. The molecule has 0 spiro atoms. The standard InChI is InChI=1S/C17H23N5O2/c1-11(2)15(16-18-12-6-4-5-7-13(12)19-16)20-17(24)22-9-8-21(3)14(23)10-22/h4-7,11,15H,8-10H2,1-3H3,(H,18,19)(H,20,24). The topological polar surface area (TPSA) is 81.3 Å². The first-order valence-electron chi connectivity index (χ1n) is 8.19. The number of urea groups is 1. The van der Waals surface area contributed by atoms with Gasteiger partial charge in [-0.15, -0.1) is 0 Å². The average Bonchev–Trinajstić information content (AvgIpc) is 2.98. The number of H-pyrrole nitrogens is 1. The number of likely N-dealkylation sites (N-methyl/N-ethyl adjacent to an activating group) is 1. The van der Waals surface area contributed by atoms with Crippen molar-refractivity contribution in [1.29, 1.82) is 0 Å². The first-order chi connectivity index (χ1) is 11.5. The Balaban J connectivity index is 1.76. The van der Waals surface area contributed by atoms with Crippen molar-refractivity contribution < 1.29 is 9.59 Å². The Labute approximate surface area is 141 Å². The molecule has 0 aliphatic carbocycles. The van der Waals surface area contributed by atoms with Crippen molar-refractivity contribution in [1.82, 2.24) is 25.1 Å². The van der Waals surface area contributed by atoms with Crippen LogP contribution < -0.4 is 5.32 Å². The maximum Gasteiger partial charge on any atom is 0.318 e. The fraction of sp³-hybridized carbons (Fsp3) is 0.471. The number of aromatic nitrogens is 2. The summed E-state index contributed by atoms with van der Waals surface area (Å²) in [5, 5.41) is 3.02. The lowest BCUT2D eigenvalue weighted by Crippen LogP contribution is -2.54. The minimum atomic E-state index is -0.236. The zero-order valence-corrected chi connectivity index (χ0v) is 14.2. The van der Waals surface area contributed by atoms with Crippen molar-refractivity contribution in [3.8, 4) is 0 Å². The van der Waals surface area contributed by atoms with Crippen molar-refractivity contribution >= 4 is 23.0 Å². The van der Waals surface area contributed by atoms with Gasteiger partial charge in [0.2, 0.25) is 5.91 Å². The van der Waals surface area contributed by atoms with Crippen LogP contribution in [-0.4, -0.2) is 58.4 Å². The van der Waals surface area contributed by atoms with Crippen LogP contribution in [0.4, 0.5) is 4.79 Å². The number of hydrogen-bond acceptors (Lipinski definition) is 3. The Morgan fingerprint density at radius 1 is 1.29 bits per heavy atom. The highest BCUT2D eigenvalue weighted by Gasteiger charge is 2.28. The van der Waals surface area contributed by atoms with Crippen LogP contribution in [0.25, 0.3) is 11.0 Å². The highest BCUT2D eigenvalue weighted by Crippen LogP contribution is 2.22. The number of amides is 3. The average molecular weight is 329 g/mol. The van der Waals surface area contributed by atoms with Gasteiger partial charge < -0.3 is 20.1 Å². The molecule has 0 bridgehead atoms. The second-order valence-electron chi connectivity index (χ2n) is 6.55. The fourth-order valence-electron chi connectivity index (χ4n) is 2.83. The van der Waals surface area contributed by atoms with Crippen molar-refractivity contribution in [3.63, 3.8) is 0 Å². The van der Waals surface area contributed by atoms with E-state index in [9.17, 15) is 9.59 Å². The van der Waals surface area contributed by atoms with Gasteiger partial charge in [-0.05, 0) is 18.1 Å². The number of carbonyl (C=O) groups is 2. The molecule has 1 aliphatic heterocycles. The summed E-state index contributed by atoms with van der Waals surface area (Å²) in [6, 6.07) is 7.32. The third-order valence-corrected chi connectivity index (χ3v) is 4.39. The lowest BCUT2D eigenvalue weighted by molar-refractivity contribution is -0.133. The molecule has 7 nitrogen and oxygen atoms in total. The Morgan fingerprint density at radius 2 is 2.04 bits per heavy atom. The SMILES string of the molecule is CC(C)C(NC(=O)N1CCN(C)C(=O)C1)c1nc2ccccc2[nH]1. The Hall–Kier alpha value is -2.57. The molecule has 1 unspecified atom stereocenters. The van der Waals surface area contributed by atoms with E-state index in [0.717, 1.165) is 16.9 Å². The fourth-order valence-corrected chi connectivity index (χ4v) is 2.83. The number of hydrogen-bond donors (Lipinski definition) is 2. The highest BCUT2D eigenvalue weighted by atomic mass is 16.2. The van der Waals surface area contributed by atoms with Crippen LogP contribution in [0.1, 0.15) is 25.7 Å². The summed E-state index contributed by atoms with van der Waals surface area (Å²) in [5.74, 6) is 0.860. The number of para-hydroxylation sites is 2. The van der Waals surface area contributed by atoms with Crippen LogP contribution in [-0.2, 0) is 4.79 Å². The number of fused-ring (bicyclic) bond motifs is 1. The summed E-state index contributed by atoms with van der Waals surface area (Å²) in [7, 11) is 1.75. The van der Waals surface area contributed by atoms with Gasteiger partial charge in [0.25, 0.3) is 0 Å². The summed E-state index contributed by atoms with van der Waals surface area (Å²) in [5.41, 5.74) is 1.82. The van der Waals surface area contributed by atoms with Gasteiger partial charge in [-0.1, -0.05) is 26.0 Å². The van der Waals surface area contributed by atoms with E-state index in [1.54, 1.807) is 16.8 Å². The maximum atomic E-state index is 12.6. The quantitative estimate of drug-likeness (QED) is 0.900. The molecule has 2 heterocycles. The van der Waals surface area contributed by atoms with Gasteiger partial charge in [0.05, 0.1) is 17.1 Å². The van der Waals surface area contributed by atoms with Gasteiger partial charge >= 0.3 is 6.03 Å². The molecule has 3 rings (SSSR count). The van der Waals surface area contributed by atoms with Gasteiger partial charge in [-0.25, -0.2) is 9.78 Å². The van der Waals surface area contributed by atoms with E-state index in [1.807, 2.05) is 38.1 Å². The smallest absolute Gasteiger partial charge is 0.318 e. The van der Waals surface area contributed by atoms with Gasteiger partial charge in [-0.3, -0.25) is 4.79 Å². The van der Waals surface area contributed by atoms with Gasteiger partial charge in [0.1, 0.15) is 12.4 Å². The summed E-state index contributed by atoms with van der Waals surface area (Å²) in [4.78, 5) is 35.4. The van der Waals surface area contributed by atoms with Crippen molar-refractivity contribution in [2.75, 3.05) is 26.7 Å². The highest BCUT2D eigenvalue weighted by molar-refractivity contribution is 5.85. The second kappa shape index (κ2) is 6.51. The van der Waals surface area contributed by atoms with Crippen LogP contribution in [0, 0.1) is 5.92 Å². The number of rotatable bonds is 3. The number of nitrogens with zero attached hydrogens (tertiary/aromatic N) is 3. The summed E-state index contributed by atoms with van der Waals surface area (Å²) in [6.45, 7) is 5.29. The normalized spacial score (nSPS) is 16.8. The Morgan fingerprint density at radius 3 is 2.71 bits per heavy atom. The van der Waals surface area contributed by atoms with Crippen molar-refractivity contribution in [3.05, 3.63) is 30.1 Å². The lowest BCUT2D eigenvalue weighted by Gasteiger charge is -2.33. The molecule has 24 heavy (non-hydrogen) atoms. The summed E-state index contributed by atoms with van der Waals surface area (Å²) in [6.07, 6.45) is 0. The van der Waals surface area contributed by atoms with E-state index in [4.69, 9.17) is 0 Å². The summed E-state index contributed by atoms with van der Waals surface area (Å²) < 4.78 is 0. The maximum absolute atomic E-state index is 12.6. The minimum Gasteiger partial charge on any atom is -0.342 e. The van der Waals surface area contributed by atoms with E-state index in [0.29, 0.717) is 13.1 Å². The molecule has 0 saturated carbocycles. The predicted molar refractivity (Wildman–Crippen MR) is 91.4 cm³/mol. The van der Waals surface area contributed by atoms with E-state index >= 15 is 0 Å². The predicted octanol–water partition coefficient (Wildman–Crippen LogP) is 1.74. The van der Waals surface area contributed by atoms with Crippen LogP contribution >= 0.6 is 0 Å². The Kier molecular flexibility index (Phi) is 4.42. The first kappa shape index (κ1) is 16.3.